The maximum Gasteiger partial charge on any atom is 0.261 e. The number of carbonyl (C=O) groups is 2. The van der Waals surface area contributed by atoms with Crippen LogP contribution in [0.3, 0.4) is 0 Å². The second-order valence-electron chi connectivity index (χ2n) is 5.65. The highest BCUT2D eigenvalue weighted by molar-refractivity contribution is 6.09. The van der Waals surface area contributed by atoms with Crippen molar-refractivity contribution in [2.45, 2.75) is 0 Å². The Morgan fingerprint density at radius 1 is 0.536 bits per heavy atom. The lowest BCUT2D eigenvalue weighted by Crippen LogP contribution is -2.24. The number of carbonyl (C=O) groups excluding carboxylic acids is 2. The van der Waals surface area contributed by atoms with E-state index in [1.54, 1.807) is 36.4 Å². The van der Waals surface area contributed by atoms with Crippen LogP contribution in [-0.4, -0.2) is 11.8 Å². The summed E-state index contributed by atoms with van der Waals surface area (Å²) in [7, 11) is 0. The van der Waals surface area contributed by atoms with Gasteiger partial charge in [0.15, 0.2) is 23.3 Å². The van der Waals surface area contributed by atoms with Gasteiger partial charge in [0.05, 0.1) is 0 Å². The Morgan fingerprint density at radius 2 is 0.893 bits per heavy atom. The van der Waals surface area contributed by atoms with Crippen molar-refractivity contribution in [1.29, 1.82) is 0 Å². The fourth-order valence-corrected chi connectivity index (χ4v) is 2.46. The summed E-state index contributed by atoms with van der Waals surface area (Å²) in [5.74, 6) is -10.7. The van der Waals surface area contributed by atoms with Crippen LogP contribution >= 0.6 is 0 Å². The van der Waals surface area contributed by atoms with E-state index in [2.05, 4.69) is 10.6 Å². The lowest BCUT2D eigenvalue weighted by Gasteiger charge is -2.13. The third-order valence-electron chi connectivity index (χ3n) is 3.78. The summed E-state index contributed by atoms with van der Waals surface area (Å²) in [4.78, 5) is 24.5. The molecule has 0 aliphatic rings. The van der Waals surface area contributed by atoms with E-state index in [9.17, 15) is 27.2 Å². The van der Waals surface area contributed by atoms with E-state index >= 15 is 0 Å². The van der Waals surface area contributed by atoms with Gasteiger partial charge >= 0.3 is 0 Å². The van der Waals surface area contributed by atoms with Crippen molar-refractivity contribution in [1.82, 2.24) is 0 Å². The molecule has 4 nitrogen and oxygen atoms in total. The van der Waals surface area contributed by atoms with E-state index in [-0.39, 0.29) is 11.4 Å². The molecule has 28 heavy (non-hydrogen) atoms. The third-order valence-corrected chi connectivity index (χ3v) is 3.78. The zero-order valence-corrected chi connectivity index (χ0v) is 14.1. The number of hydrogen-bond donors (Lipinski definition) is 2. The van der Waals surface area contributed by atoms with Gasteiger partial charge in [-0.05, 0) is 24.3 Å². The van der Waals surface area contributed by atoms with Gasteiger partial charge in [-0.1, -0.05) is 36.4 Å². The van der Waals surface area contributed by atoms with Crippen molar-refractivity contribution >= 4 is 23.2 Å². The Kier molecular flexibility index (Phi) is 5.39. The standard InChI is InChI=1S/C20H12F4N2O2/c21-15-13(19(27)25-11-7-3-1-4-8-11)16(22)18(24)17(23)14(15)20(28)26-12-9-5-2-6-10-12/h1-10H,(H,25,27)(H,26,28). The smallest absolute Gasteiger partial charge is 0.261 e. The summed E-state index contributed by atoms with van der Waals surface area (Å²) >= 11 is 0. The van der Waals surface area contributed by atoms with Crippen LogP contribution in [0.2, 0.25) is 0 Å². The van der Waals surface area contributed by atoms with Crippen molar-refractivity contribution in [3.8, 4) is 0 Å². The number of rotatable bonds is 4. The van der Waals surface area contributed by atoms with Crippen LogP contribution < -0.4 is 10.6 Å². The molecular formula is C20H12F4N2O2. The van der Waals surface area contributed by atoms with E-state index in [0.29, 0.717) is 0 Å². The van der Waals surface area contributed by atoms with Gasteiger partial charge < -0.3 is 10.6 Å². The number of halogens is 4. The van der Waals surface area contributed by atoms with E-state index in [0.717, 1.165) is 0 Å². The molecule has 142 valence electrons. The van der Waals surface area contributed by atoms with Gasteiger partial charge in [-0.15, -0.1) is 0 Å². The van der Waals surface area contributed by atoms with Gasteiger partial charge in [-0.25, -0.2) is 17.6 Å². The van der Waals surface area contributed by atoms with Gasteiger partial charge in [0.2, 0.25) is 0 Å². The first-order valence-electron chi connectivity index (χ1n) is 7.99. The van der Waals surface area contributed by atoms with Crippen LogP contribution in [-0.2, 0) is 0 Å². The van der Waals surface area contributed by atoms with Gasteiger partial charge in [0.1, 0.15) is 11.1 Å². The number of hydrogen-bond acceptors (Lipinski definition) is 2. The Morgan fingerprint density at radius 3 is 1.25 bits per heavy atom. The molecule has 0 aliphatic carbocycles. The second-order valence-corrected chi connectivity index (χ2v) is 5.65. The quantitative estimate of drug-likeness (QED) is 0.385. The predicted molar refractivity (Wildman–Crippen MR) is 95.1 cm³/mol. The van der Waals surface area contributed by atoms with Crippen LogP contribution in [0.4, 0.5) is 28.9 Å². The van der Waals surface area contributed by atoms with E-state index in [4.69, 9.17) is 0 Å². The Bertz CT molecular complexity index is 961. The third kappa shape index (κ3) is 3.71. The molecule has 3 aromatic rings. The zero-order valence-electron chi connectivity index (χ0n) is 14.1. The summed E-state index contributed by atoms with van der Waals surface area (Å²) in [6.07, 6.45) is 0. The summed E-state index contributed by atoms with van der Waals surface area (Å²) in [6, 6.07) is 15.2. The van der Waals surface area contributed by atoms with Crippen LogP contribution in [0.25, 0.3) is 0 Å². The molecule has 0 radical (unpaired) electrons. The highest BCUT2D eigenvalue weighted by Gasteiger charge is 2.32. The summed E-state index contributed by atoms with van der Waals surface area (Å²) < 4.78 is 56.9. The zero-order chi connectivity index (χ0) is 20.3. The van der Waals surface area contributed by atoms with Crippen LogP contribution in [0, 0.1) is 23.3 Å². The molecule has 2 N–H and O–H groups in total. The fraction of sp³-hybridized carbons (Fsp3) is 0. The number of amides is 2. The highest BCUT2D eigenvalue weighted by Crippen LogP contribution is 2.26. The monoisotopic (exact) mass is 388 g/mol. The molecule has 0 heterocycles. The number of nitrogens with one attached hydrogen (secondary N) is 2. The molecular weight excluding hydrogens is 376 g/mol. The largest absolute Gasteiger partial charge is 0.322 e. The first-order chi connectivity index (χ1) is 13.4. The number of para-hydroxylation sites is 2. The molecule has 0 fully saturated rings. The molecule has 0 atom stereocenters. The van der Waals surface area contributed by atoms with Crippen LogP contribution in [0.1, 0.15) is 20.7 Å². The molecule has 0 bridgehead atoms. The average Bonchev–Trinajstić information content (AvgIpc) is 2.68. The Hall–Kier alpha value is -3.68. The summed E-state index contributed by atoms with van der Waals surface area (Å²) in [5, 5.41) is 4.33. The topological polar surface area (TPSA) is 58.2 Å². The Labute approximate surface area is 156 Å². The molecule has 8 heteroatoms. The lowest BCUT2D eigenvalue weighted by molar-refractivity contribution is 0.101. The van der Waals surface area contributed by atoms with Crippen molar-refractivity contribution in [3.05, 3.63) is 95.1 Å². The minimum atomic E-state index is -2.13. The minimum absolute atomic E-state index is 0.173. The molecule has 2 amide bonds. The first kappa shape index (κ1) is 19.1. The minimum Gasteiger partial charge on any atom is -0.322 e. The van der Waals surface area contributed by atoms with Gasteiger partial charge in [-0.2, -0.15) is 0 Å². The molecule has 3 rings (SSSR count). The molecule has 0 unspecified atom stereocenters. The maximum atomic E-state index is 14.7. The van der Waals surface area contributed by atoms with Crippen LogP contribution in [0.5, 0.6) is 0 Å². The predicted octanol–water partition coefficient (Wildman–Crippen LogP) is 4.75. The number of benzene rings is 3. The number of anilines is 2. The Balaban J connectivity index is 2.02. The normalized spacial score (nSPS) is 10.4. The molecule has 3 aromatic carbocycles. The van der Waals surface area contributed by atoms with E-state index < -0.39 is 46.2 Å². The highest BCUT2D eigenvalue weighted by atomic mass is 19.2. The molecule has 0 aliphatic heterocycles. The average molecular weight is 388 g/mol. The molecule has 0 saturated heterocycles. The van der Waals surface area contributed by atoms with Gasteiger partial charge in [0.25, 0.3) is 11.8 Å². The van der Waals surface area contributed by atoms with Gasteiger partial charge in [0, 0.05) is 11.4 Å². The summed E-state index contributed by atoms with van der Waals surface area (Å²) in [6.45, 7) is 0. The van der Waals surface area contributed by atoms with E-state index in [1.807, 2.05) is 0 Å². The fourth-order valence-electron chi connectivity index (χ4n) is 2.46. The summed E-state index contributed by atoms with van der Waals surface area (Å²) in [5.41, 5.74) is -2.46. The maximum absolute atomic E-state index is 14.7. The second kappa shape index (κ2) is 7.91. The molecule has 0 saturated carbocycles. The van der Waals surface area contributed by atoms with Crippen molar-refractivity contribution in [2.75, 3.05) is 10.6 Å². The van der Waals surface area contributed by atoms with Gasteiger partial charge in [-0.3, -0.25) is 9.59 Å². The van der Waals surface area contributed by atoms with Crippen LogP contribution in [0.15, 0.2) is 60.7 Å². The van der Waals surface area contributed by atoms with Crippen molar-refractivity contribution in [3.63, 3.8) is 0 Å². The molecule has 0 aromatic heterocycles. The van der Waals surface area contributed by atoms with Crippen molar-refractivity contribution in [2.24, 2.45) is 0 Å². The van der Waals surface area contributed by atoms with E-state index in [1.165, 1.54) is 24.3 Å². The lowest BCUT2D eigenvalue weighted by atomic mass is 10.1. The first-order valence-corrected chi connectivity index (χ1v) is 7.99. The van der Waals surface area contributed by atoms with Crippen molar-refractivity contribution < 1.29 is 27.2 Å². The SMILES string of the molecule is O=C(Nc1ccccc1)c1c(F)c(F)c(F)c(C(=O)Nc2ccccc2)c1F. The molecule has 0 spiro atoms.